The summed E-state index contributed by atoms with van der Waals surface area (Å²) in [6, 6.07) is 11.2. The molecule has 0 unspecified atom stereocenters. The molecule has 2 rings (SSSR count). The Morgan fingerprint density at radius 1 is 0.857 bits per heavy atom. The van der Waals surface area contributed by atoms with Crippen LogP contribution in [0.4, 0.5) is 5.69 Å². The molecular formula is C21H23NO6. The second-order valence-corrected chi connectivity index (χ2v) is 6.46. The van der Waals surface area contributed by atoms with Gasteiger partial charge in [0.05, 0.1) is 25.3 Å². The summed E-state index contributed by atoms with van der Waals surface area (Å²) in [6.45, 7) is 3.95. The van der Waals surface area contributed by atoms with Crippen LogP contribution in [0.15, 0.2) is 42.5 Å². The summed E-state index contributed by atoms with van der Waals surface area (Å²) in [5.74, 6) is -0.236. The van der Waals surface area contributed by atoms with Crippen molar-refractivity contribution in [2.24, 2.45) is 5.92 Å². The Morgan fingerprint density at radius 2 is 1.43 bits per heavy atom. The van der Waals surface area contributed by atoms with Crippen LogP contribution in [0, 0.1) is 5.92 Å². The number of nitrogens with one attached hydrogen (secondary N) is 1. The van der Waals surface area contributed by atoms with Crippen LogP contribution in [0.5, 0.6) is 11.5 Å². The molecule has 7 heteroatoms. The molecule has 0 saturated carbocycles. The molecule has 0 atom stereocenters. The van der Waals surface area contributed by atoms with E-state index in [1.54, 1.807) is 30.3 Å². The first-order valence-electron chi connectivity index (χ1n) is 8.72. The Morgan fingerprint density at radius 3 is 2.00 bits per heavy atom. The Kier molecular flexibility index (Phi) is 7.14. The smallest absolute Gasteiger partial charge is 0.338 e. The van der Waals surface area contributed by atoms with Crippen molar-refractivity contribution in [1.82, 2.24) is 0 Å². The minimum atomic E-state index is -0.672. The molecule has 0 aliphatic heterocycles. The number of rotatable bonds is 7. The molecule has 0 aliphatic carbocycles. The fourth-order valence-electron chi connectivity index (χ4n) is 2.48. The van der Waals surface area contributed by atoms with Gasteiger partial charge in [-0.2, -0.15) is 0 Å². The third-order valence-electron chi connectivity index (χ3n) is 3.77. The molecule has 2 aromatic rings. The maximum Gasteiger partial charge on any atom is 0.338 e. The number of esters is 2. The lowest BCUT2D eigenvalue weighted by Gasteiger charge is -2.11. The number of ether oxygens (including phenoxy) is 3. The van der Waals surface area contributed by atoms with Crippen molar-refractivity contribution in [1.29, 1.82) is 0 Å². The fourth-order valence-corrected chi connectivity index (χ4v) is 2.48. The molecule has 0 fully saturated rings. The molecule has 2 aromatic carbocycles. The van der Waals surface area contributed by atoms with Gasteiger partial charge in [-0.25, -0.2) is 9.59 Å². The van der Waals surface area contributed by atoms with Crippen molar-refractivity contribution in [3.05, 3.63) is 53.6 Å². The molecule has 148 valence electrons. The van der Waals surface area contributed by atoms with Crippen molar-refractivity contribution in [3.63, 3.8) is 0 Å². The number of carbonyl (C=O) groups is 3. The topological polar surface area (TPSA) is 90.9 Å². The Balaban J connectivity index is 2.15. The molecule has 0 aromatic heterocycles. The van der Waals surface area contributed by atoms with Crippen molar-refractivity contribution in [2.75, 3.05) is 19.5 Å². The van der Waals surface area contributed by atoms with Gasteiger partial charge in [0.1, 0.15) is 11.5 Å². The van der Waals surface area contributed by atoms with Gasteiger partial charge in [0.15, 0.2) is 0 Å². The van der Waals surface area contributed by atoms with E-state index in [9.17, 15) is 14.4 Å². The van der Waals surface area contributed by atoms with Crippen molar-refractivity contribution < 1.29 is 28.6 Å². The molecule has 0 aliphatic rings. The Bertz CT molecular complexity index is 858. The average Bonchev–Trinajstić information content (AvgIpc) is 2.67. The number of hydrogen-bond donors (Lipinski definition) is 1. The Hall–Kier alpha value is -3.35. The van der Waals surface area contributed by atoms with Gasteiger partial charge < -0.3 is 19.5 Å². The third kappa shape index (κ3) is 5.57. The first-order chi connectivity index (χ1) is 13.3. The number of hydrogen-bond acceptors (Lipinski definition) is 6. The molecule has 0 radical (unpaired) electrons. The normalized spacial score (nSPS) is 10.3. The molecule has 1 amide bonds. The molecular weight excluding hydrogens is 362 g/mol. The van der Waals surface area contributed by atoms with Crippen LogP contribution in [0.25, 0.3) is 0 Å². The highest BCUT2D eigenvalue weighted by Crippen LogP contribution is 2.26. The summed E-state index contributed by atoms with van der Waals surface area (Å²) in [5.41, 5.74) is 0.795. The van der Waals surface area contributed by atoms with Gasteiger partial charge in [-0.15, -0.1) is 0 Å². The van der Waals surface area contributed by atoms with E-state index >= 15 is 0 Å². The first kappa shape index (κ1) is 21.0. The van der Waals surface area contributed by atoms with E-state index in [0.717, 1.165) is 0 Å². The average molecular weight is 385 g/mol. The second kappa shape index (κ2) is 9.55. The first-order valence-corrected chi connectivity index (χ1v) is 8.72. The van der Waals surface area contributed by atoms with Crippen LogP contribution < -0.4 is 10.1 Å². The summed E-state index contributed by atoms with van der Waals surface area (Å²) in [6.07, 6.45) is 0.446. The highest BCUT2D eigenvalue weighted by molar-refractivity contribution is 6.03. The summed E-state index contributed by atoms with van der Waals surface area (Å²) in [7, 11) is 2.46. The number of anilines is 1. The van der Waals surface area contributed by atoms with Gasteiger partial charge in [-0.1, -0.05) is 13.8 Å². The predicted octanol–water partition coefficient (Wildman–Crippen LogP) is 4.04. The maximum atomic E-state index is 12.0. The minimum Gasteiger partial charge on any atom is -0.465 e. The highest BCUT2D eigenvalue weighted by atomic mass is 16.5. The van der Waals surface area contributed by atoms with Gasteiger partial charge in [0.2, 0.25) is 5.91 Å². The molecule has 7 nitrogen and oxygen atoms in total. The van der Waals surface area contributed by atoms with E-state index in [0.29, 0.717) is 23.6 Å². The number of carbonyl (C=O) groups excluding carboxylic acids is 3. The molecule has 0 spiro atoms. The van der Waals surface area contributed by atoms with Crippen molar-refractivity contribution in [3.8, 4) is 11.5 Å². The third-order valence-corrected chi connectivity index (χ3v) is 3.77. The number of amides is 1. The van der Waals surface area contributed by atoms with E-state index < -0.39 is 11.9 Å². The van der Waals surface area contributed by atoms with Crippen molar-refractivity contribution in [2.45, 2.75) is 20.3 Å². The minimum absolute atomic E-state index is 0.0458. The maximum absolute atomic E-state index is 12.0. The summed E-state index contributed by atoms with van der Waals surface area (Å²) in [5, 5.41) is 2.82. The second-order valence-electron chi connectivity index (χ2n) is 6.46. The lowest BCUT2D eigenvalue weighted by Crippen LogP contribution is -2.13. The lowest BCUT2D eigenvalue weighted by atomic mass is 10.1. The van der Waals surface area contributed by atoms with Crippen LogP contribution in [-0.4, -0.2) is 32.1 Å². The lowest BCUT2D eigenvalue weighted by molar-refractivity contribution is -0.116. The van der Waals surface area contributed by atoms with Gasteiger partial charge in [0, 0.05) is 12.1 Å². The number of methoxy groups -OCH3 is 2. The molecule has 0 saturated heterocycles. The van der Waals surface area contributed by atoms with Crippen LogP contribution in [0.1, 0.15) is 41.0 Å². The number of benzene rings is 2. The molecule has 0 heterocycles. The van der Waals surface area contributed by atoms with Crippen LogP contribution >= 0.6 is 0 Å². The van der Waals surface area contributed by atoms with Gasteiger partial charge in [-0.3, -0.25) is 4.79 Å². The molecule has 1 N–H and O–H groups in total. The van der Waals surface area contributed by atoms with Crippen LogP contribution in [0.2, 0.25) is 0 Å². The monoisotopic (exact) mass is 385 g/mol. The summed E-state index contributed by atoms with van der Waals surface area (Å²) in [4.78, 5) is 35.6. The van der Waals surface area contributed by atoms with E-state index in [1.165, 1.54) is 26.4 Å². The Labute approximate surface area is 163 Å². The summed E-state index contributed by atoms with van der Waals surface area (Å²) >= 11 is 0. The van der Waals surface area contributed by atoms with Crippen LogP contribution in [0.3, 0.4) is 0 Å². The zero-order valence-electron chi connectivity index (χ0n) is 16.3. The van der Waals surface area contributed by atoms with Crippen molar-refractivity contribution >= 4 is 23.5 Å². The standard InChI is InChI=1S/C21H23NO6/c1-13(2)11-19(23)22-14-5-7-15(8-6-14)28-16-9-10-17(20(24)26-3)18(12-16)21(25)27-4/h5-10,12-13H,11H2,1-4H3,(H,22,23). The van der Waals surface area contributed by atoms with E-state index in [1.807, 2.05) is 13.8 Å². The largest absolute Gasteiger partial charge is 0.465 e. The molecule has 0 bridgehead atoms. The van der Waals surface area contributed by atoms with Crippen LogP contribution in [-0.2, 0) is 14.3 Å². The van der Waals surface area contributed by atoms with Gasteiger partial charge >= 0.3 is 11.9 Å². The molecule has 28 heavy (non-hydrogen) atoms. The van der Waals surface area contributed by atoms with E-state index in [4.69, 9.17) is 9.47 Å². The predicted molar refractivity (Wildman–Crippen MR) is 104 cm³/mol. The zero-order valence-corrected chi connectivity index (χ0v) is 16.3. The van der Waals surface area contributed by atoms with Gasteiger partial charge in [0.25, 0.3) is 0 Å². The van der Waals surface area contributed by atoms with E-state index in [2.05, 4.69) is 10.1 Å². The SMILES string of the molecule is COC(=O)c1ccc(Oc2ccc(NC(=O)CC(C)C)cc2)cc1C(=O)OC. The fraction of sp³-hybridized carbons (Fsp3) is 0.286. The van der Waals surface area contributed by atoms with E-state index in [-0.39, 0.29) is 23.0 Å². The van der Waals surface area contributed by atoms with Gasteiger partial charge in [-0.05, 0) is 48.4 Å². The summed E-state index contributed by atoms with van der Waals surface area (Å²) < 4.78 is 15.1. The highest BCUT2D eigenvalue weighted by Gasteiger charge is 2.19. The zero-order chi connectivity index (χ0) is 20.7. The quantitative estimate of drug-likeness (QED) is 0.724.